The van der Waals surface area contributed by atoms with Gasteiger partial charge in [-0.25, -0.2) is 0 Å². The fraction of sp³-hybridized carbons (Fsp3) is 0.222. The Morgan fingerprint density at radius 2 is 1.79 bits per heavy atom. The van der Waals surface area contributed by atoms with E-state index in [0.717, 1.165) is 9.13 Å². The van der Waals surface area contributed by atoms with Crippen LogP contribution in [0.1, 0.15) is 11.1 Å². The minimum atomic E-state index is -0.540. The summed E-state index contributed by atoms with van der Waals surface area (Å²) in [6.45, 7) is 0.309. The van der Waals surface area contributed by atoms with Crippen molar-refractivity contribution in [2.45, 2.75) is 12.8 Å². The molecule has 0 heterocycles. The Labute approximate surface area is 154 Å². The Morgan fingerprint density at radius 3 is 2.42 bits per heavy atom. The molecule has 2 aromatic rings. The summed E-state index contributed by atoms with van der Waals surface area (Å²) >= 11 is 2.23. The molecule has 0 saturated heterocycles. The van der Waals surface area contributed by atoms with E-state index in [1.54, 1.807) is 24.3 Å². The largest absolute Gasteiger partial charge is 0.508 e. The van der Waals surface area contributed by atoms with E-state index in [2.05, 4.69) is 22.6 Å². The lowest BCUT2D eigenvalue weighted by Crippen LogP contribution is -2.40. The Morgan fingerprint density at radius 1 is 1.08 bits per heavy atom. The zero-order valence-electron chi connectivity index (χ0n) is 13.1. The van der Waals surface area contributed by atoms with Crippen LogP contribution in [0, 0.1) is 3.57 Å². The van der Waals surface area contributed by atoms with E-state index in [9.17, 15) is 14.7 Å². The molecule has 3 N–H and O–H groups in total. The van der Waals surface area contributed by atoms with E-state index < -0.39 is 5.91 Å². The fourth-order valence-electron chi connectivity index (χ4n) is 2.35. The molecular formula is C18H19IN2O3. The molecule has 0 aromatic heterocycles. The number of benzene rings is 2. The molecule has 0 bridgehead atoms. The highest BCUT2D eigenvalue weighted by Gasteiger charge is 2.16. The lowest BCUT2D eigenvalue weighted by Gasteiger charge is -2.21. The van der Waals surface area contributed by atoms with Crippen LogP contribution in [0.25, 0.3) is 0 Å². The lowest BCUT2D eigenvalue weighted by atomic mass is 10.1. The van der Waals surface area contributed by atoms with Crippen LogP contribution in [0.4, 0.5) is 0 Å². The first kappa shape index (κ1) is 18.3. The zero-order chi connectivity index (χ0) is 17.5. The van der Waals surface area contributed by atoms with Crippen LogP contribution >= 0.6 is 22.6 Å². The van der Waals surface area contributed by atoms with Crippen molar-refractivity contribution >= 4 is 34.4 Å². The number of hydrogen-bond donors (Lipinski definition) is 2. The van der Waals surface area contributed by atoms with Crippen LogP contribution in [0.15, 0.2) is 48.5 Å². The predicted molar refractivity (Wildman–Crippen MR) is 100 cm³/mol. The van der Waals surface area contributed by atoms with E-state index in [0.29, 0.717) is 18.5 Å². The molecule has 2 amide bonds. The molecule has 0 fully saturated rings. The van der Waals surface area contributed by atoms with Crippen molar-refractivity contribution in [1.29, 1.82) is 0 Å². The normalized spacial score (nSPS) is 10.4. The van der Waals surface area contributed by atoms with Crippen LogP contribution in [0.5, 0.6) is 5.75 Å². The van der Waals surface area contributed by atoms with E-state index in [-0.39, 0.29) is 24.6 Å². The highest BCUT2D eigenvalue weighted by Crippen LogP contribution is 2.13. The van der Waals surface area contributed by atoms with Crippen LogP contribution in [-0.2, 0) is 22.4 Å². The van der Waals surface area contributed by atoms with Gasteiger partial charge in [0.1, 0.15) is 5.75 Å². The van der Waals surface area contributed by atoms with Crippen molar-refractivity contribution in [3.63, 3.8) is 0 Å². The number of nitrogens with zero attached hydrogens (tertiary/aromatic N) is 1. The van der Waals surface area contributed by atoms with Gasteiger partial charge in [0.05, 0.1) is 13.0 Å². The summed E-state index contributed by atoms with van der Waals surface area (Å²) in [5.74, 6) is -0.618. The summed E-state index contributed by atoms with van der Waals surface area (Å²) < 4.78 is 1.14. The topological polar surface area (TPSA) is 83.6 Å². The van der Waals surface area contributed by atoms with Crippen LogP contribution in [0.3, 0.4) is 0 Å². The average molecular weight is 438 g/mol. The van der Waals surface area contributed by atoms with Gasteiger partial charge in [0.25, 0.3) is 0 Å². The number of phenolic OH excluding ortho intramolecular Hbond substituents is 1. The summed E-state index contributed by atoms with van der Waals surface area (Å²) in [5, 5.41) is 9.48. The van der Waals surface area contributed by atoms with Crippen molar-refractivity contribution in [3.8, 4) is 5.75 Å². The molecule has 0 unspecified atom stereocenters. The molecular weight excluding hydrogens is 419 g/mol. The summed E-state index contributed by atoms with van der Waals surface area (Å²) in [4.78, 5) is 25.2. The first-order valence-electron chi connectivity index (χ1n) is 7.52. The fourth-order valence-corrected chi connectivity index (χ4v) is 2.71. The van der Waals surface area contributed by atoms with Gasteiger partial charge in [-0.3, -0.25) is 9.59 Å². The summed E-state index contributed by atoms with van der Waals surface area (Å²) in [6.07, 6.45) is 0.768. The number of amides is 2. The third-order valence-corrected chi connectivity index (χ3v) is 4.27. The monoisotopic (exact) mass is 438 g/mol. The molecule has 5 nitrogen and oxygen atoms in total. The van der Waals surface area contributed by atoms with Gasteiger partial charge < -0.3 is 15.7 Å². The molecule has 6 heteroatoms. The summed E-state index contributed by atoms with van der Waals surface area (Å²) in [5.41, 5.74) is 7.05. The van der Waals surface area contributed by atoms with Crippen molar-refractivity contribution in [2.24, 2.45) is 5.73 Å². The zero-order valence-corrected chi connectivity index (χ0v) is 15.3. The highest BCUT2D eigenvalue weighted by atomic mass is 127. The molecule has 2 rings (SSSR count). The quantitative estimate of drug-likeness (QED) is 0.650. The molecule has 24 heavy (non-hydrogen) atoms. The molecule has 2 aromatic carbocycles. The van der Waals surface area contributed by atoms with Crippen molar-refractivity contribution < 1.29 is 14.7 Å². The van der Waals surface area contributed by atoms with Gasteiger partial charge in [-0.15, -0.1) is 0 Å². The molecule has 0 spiro atoms. The van der Waals surface area contributed by atoms with Crippen LogP contribution in [0.2, 0.25) is 0 Å². The molecule has 0 saturated carbocycles. The Kier molecular flexibility index (Phi) is 6.60. The van der Waals surface area contributed by atoms with Gasteiger partial charge in [-0.2, -0.15) is 0 Å². The van der Waals surface area contributed by atoms with Crippen LogP contribution in [-0.4, -0.2) is 34.9 Å². The second-order valence-electron chi connectivity index (χ2n) is 5.50. The van der Waals surface area contributed by atoms with E-state index in [4.69, 9.17) is 5.73 Å². The predicted octanol–water partition coefficient (Wildman–Crippen LogP) is 2.10. The number of carbonyl (C=O) groups is 2. The first-order chi connectivity index (χ1) is 11.4. The number of hydrogen-bond acceptors (Lipinski definition) is 3. The molecule has 0 aliphatic rings. The highest BCUT2D eigenvalue weighted by molar-refractivity contribution is 14.1. The maximum atomic E-state index is 12.5. The SMILES string of the molecule is NC(=O)CN(CCc1ccc(I)cc1)C(=O)Cc1cccc(O)c1. The van der Waals surface area contributed by atoms with Gasteiger partial charge in [-0.05, 0) is 64.4 Å². The van der Waals surface area contributed by atoms with E-state index in [1.807, 2.05) is 24.3 Å². The smallest absolute Gasteiger partial charge is 0.237 e. The number of halogens is 1. The Bertz CT molecular complexity index is 716. The first-order valence-corrected chi connectivity index (χ1v) is 8.60. The third kappa shape index (κ3) is 5.84. The third-order valence-electron chi connectivity index (χ3n) is 3.55. The number of rotatable bonds is 7. The average Bonchev–Trinajstić information content (AvgIpc) is 2.52. The van der Waals surface area contributed by atoms with Gasteiger partial charge in [0, 0.05) is 10.1 Å². The number of aromatic hydroxyl groups is 1. The van der Waals surface area contributed by atoms with Crippen molar-refractivity contribution in [2.75, 3.05) is 13.1 Å². The van der Waals surface area contributed by atoms with Crippen molar-refractivity contribution in [3.05, 3.63) is 63.2 Å². The Hall–Kier alpha value is -2.09. The number of nitrogens with two attached hydrogens (primary N) is 1. The van der Waals surface area contributed by atoms with Gasteiger partial charge in [-0.1, -0.05) is 24.3 Å². The molecule has 0 atom stereocenters. The standard InChI is InChI=1S/C18H19IN2O3/c19-15-6-4-13(5-7-15)8-9-21(12-17(20)23)18(24)11-14-2-1-3-16(22)10-14/h1-7,10,22H,8-9,11-12H2,(H2,20,23). The molecule has 0 aliphatic heterocycles. The molecule has 0 aliphatic carbocycles. The van der Waals surface area contributed by atoms with Crippen LogP contribution < -0.4 is 5.73 Å². The number of carbonyl (C=O) groups excluding carboxylic acids is 2. The van der Waals surface area contributed by atoms with Gasteiger partial charge in [0.15, 0.2) is 0 Å². The lowest BCUT2D eigenvalue weighted by molar-refractivity contribution is -0.134. The summed E-state index contributed by atoms with van der Waals surface area (Å²) in [6, 6.07) is 14.5. The molecule has 0 radical (unpaired) electrons. The molecule has 126 valence electrons. The maximum absolute atomic E-state index is 12.5. The van der Waals surface area contributed by atoms with E-state index >= 15 is 0 Å². The van der Waals surface area contributed by atoms with Gasteiger partial charge >= 0.3 is 0 Å². The van der Waals surface area contributed by atoms with Gasteiger partial charge in [0.2, 0.25) is 11.8 Å². The second kappa shape index (κ2) is 8.68. The maximum Gasteiger partial charge on any atom is 0.237 e. The Balaban J connectivity index is 2.02. The van der Waals surface area contributed by atoms with E-state index in [1.165, 1.54) is 4.90 Å². The summed E-state index contributed by atoms with van der Waals surface area (Å²) in [7, 11) is 0. The minimum Gasteiger partial charge on any atom is -0.508 e. The number of phenols is 1. The minimum absolute atomic E-state index is 0.109. The number of primary amides is 1. The van der Waals surface area contributed by atoms with Crippen molar-refractivity contribution in [1.82, 2.24) is 4.90 Å². The second-order valence-corrected chi connectivity index (χ2v) is 6.75.